The molecule has 1 atom stereocenters. The van der Waals surface area contributed by atoms with Crippen molar-refractivity contribution in [2.24, 2.45) is 0 Å². The summed E-state index contributed by atoms with van der Waals surface area (Å²) in [5, 5.41) is 11.5. The van der Waals surface area contributed by atoms with Crippen molar-refractivity contribution in [2.45, 2.75) is 37.4 Å². The van der Waals surface area contributed by atoms with Crippen molar-refractivity contribution in [1.82, 2.24) is 10.1 Å². The predicted octanol–water partition coefficient (Wildman–Crippen LogP) is 0.727. The predicted molar refractivity (Wildman–Crippen MR) is 60.6 cm³/mol. The second-order valence-corrected chi connectivity index (χ2v) is 6.59. The van der Waals surface area contributed by atoms with Crippen molar-refractivity contribution in [1.29, 1.82) is 0 Å². The number of nitrogens with zero attached hydrogens (tertiary/aromatic N) is 2. The lowest BCUT2D eigenvalue weighted by molar-refractivity contribution is -0.137. The van der Waals surface area contributed by atoms with Gasteiger partial charge in [-0.05, 0) is 12.8 Å². The molecule has 0 bridgehead atoms. The number of carboxylic acids is 1. The minimum atomic E-state index is -3.20. The van der Waals surface area contributed by atoms with Crippen molar-refractivity contribution in [3.63, 3.8) is 0 Å². The van der Waals surface area contributed by atoms with E-state index < -0.39 is 21.1 Å². The van der Waals surface area contributed by atoms with Crippen LogP contribution in [0.3, 0.4) is 0 Å². The van der Waals surface area contributed by atoms with Gasteiger partial charge in [0, 0.05) is 6.42 Å². The van der Waals surface area contributed by atoms with Gasteiger partial charge < -0.3 is 9.63 Å². The summed E-state index contributed by atoms with van der Waals surface area (Å²) in [4.78, 5) is 14.4. The van der Waals surface area contributed by atoms with Gasteiger partial charge in [0.25, 0.3) is 0 Å². The molecular weight excluding hydrogens is 260 g/mol. The zero-order chi connectivity index (χ0) is 13.2. The largest absolute Gasteiger partial charge is 0.481 e. The van der Waals surface area contributed by atoms with Crippen LogP contribution in [0.25, 0.3) is 0 Å². The van der Waals surface area contributed by atoms with Crippen molar-refractivity contribution < 1.29 is 22.8 Å². The van der Waals surface area contributed by atoms with Crippen molar-refractivity contribution in [3.05, 3.63) is 11.7 Å². The maximum atomic E-state index is 11.8. The van der Waals surface area contributed by atoms with Crippen LogP contribution in [-0.4, -0.2) is 35.4 Å². The van der Waals surface area contributed by atoms with E-state index in [1.165, 1.54) is 0 Å². The topological polar surface area (TPSA) is 110 Å². The molecule has 1 aromatic heterocycles. The number of hydrogen-bond acceptors (Lipinski definition) is 6. The molecule has 1 unspecified atom stereocenters. The summed E-state index contributed by atoms with van der Waals surface area (Å²) in [5.41, 5.74) is 0. The molecule has 100 valence electrons. The molecule has 0 spiro atoms. The van der Waals surface area contributed by atoms with Crippen LogP contribution in [0.2, 0.25) is 0 Å². The Hall–Kier alpha value is -1.44. The number of carbonyl (C=O) groups is 1. The van der Waals surface area contributed by atoms with Crippen molar-refractivity contribution >= 4 is 15.8 Å². The highest BCUT2D eigenvalue weighted by Crippen LogP contribution is 2.31. The van der Waals surface area contributed by atoms with Crippen molar-refractivity contribution in [2.75, 3.05) is 5.75 Å². The van der Waals surface area contributed by atoms with Crippen LogP contribution in [0.5, 0.6) is 0 Å². The van der Waals surface area contributed by atoms with E-state index in [0.717, 1.165) is 6.42 Å². The molecule has 1 aliphatic rings. The van der Waals surface area contributed by atoms with Crippen LogP contribution in [0, 0.1) is 0 Å². The molecule has 7 nitrogen and oxygen atoms in total. The number of aromatic nitrogens is 2. The molecular formula is C10H14N2O5S. The van der Waals surface area contributed by atoms with Crippen molar-refractivity contribution in [3.8, 4) is 0 Å². The maximum Gasteiger partial charge on any atom is 0.303 e. The lowest BCUT2D eigenvalue weighted by Crippen LogP contribution is -2.22. The SMILES string of the molecule is O=C(O)CCc1nc(C2CCCCS2(=O)=O)no1. The van der Waals surface area contributed by atoms with E-state index in [1.807, 2.05) is 0 Å². The zero-order valence-electron chi connectivity index (χ0n) is 9.70. The molecule has 0 amide bonds. The summed E-state index contributed by atoms with van der Waals surface area (Å²) in [5.74, 6) is -0.472. The Morgan fingerprint density at radius 1 is 1.44 bits per heavy atom. The van der Waals surface area contributed by atoms with Gasteiger partial charge in [-0.25, -0.2) is 8.42 Å². The van der Waals surface area contributed by atoms with Crippen LogP contribution in [-0.2, 0) is 21.1 Å². The second-order valence-electron chi connectivity index (χ2n) is 4.29. The molecule has 0 aliphatic carbocycles. The molecule has 1 fully saturated rings. The standard InChI is InChI=1S/C10H14N2O5S/c13-9(14)5-4-8-11-10(12-17-8)7-3-1-2-6-18(7,15)16/h7H,1-6H2,(H,13,14). The molecule has 18 heavy (non-hydrogen) atoms. The van der Waals surface area contributed by atoms with Crippen LogP contribution in [0.4, 0.5) is 0 Å². The van der Waals surface area contributed by atoms with Crippen LogP contribution < -0.4 is 0 Å². The van der Waals surface area contributed by atoms with Gasteiger partial charge in [0.15, 0.2) is 15.7 Å². The van der Waals surface area contributed by atoms with Gasteiger partial charge in [0.1, 0.15) is 5.25 Å². The number of aliphatic carboxylic acids is 1. The minimum Gasteiger partial charge on any atom is -0.481 e. The van der Waals surface area contributed by atoms with E-state index in [1.54, 1.807) is 0 Å². The van der Waals surface area contributed by atoms with E-state index in [4.69, 9.17) is 9.63 Å². The van der Waals surface area contributed by atoms with Gasteiger partial charge in [-0.3, -0.25) is 4.79 Å². The molecule has 2 rings (SSSR count). The first kappa shape index (κ1) is 13.0. The lowest BCUT2D eigenvalue weighted by Gasteiger charge is -2.18. The van der Waals surface area contributed by atoms with E-state index in [0.29, 0.717) is 12.8 Å². The van der Waals surface area contributed by atoms with Crippen LogP contribution in [0.1, 0.15) is 42.6 Å². The number of sulfone groups is 1. The summed E-state index contributed by atoms with van der Waals surface area (Å²) >= 11 is 0. The van der Waals surface area contributed by atoms with E-state index in [2.05, 4.69) is 10.1 Å². The minimum absolute atomic E-state index is 0.112. The molecule has 0 radical (unpaired) electrons. The number of aryl methyl sites for hydroxylation is 1. The third-order valence-electron chi connectivity index (χ3n) is 2.90. The molecule has 8 heteroatoms. The molecule has 0 aromatic carbocycles. The fraction of sp³-hybridized carbons (Fsp3) is 0.700. The third kappa shape index (κ3) is 2.87. The fourth-order valence-electron chi connectivity index (χ4n) is 1.96. The van der Waals surface area contributed by atoms with Gasteiger partial charge in [0.2, 0.25) is 5.89 Å². The summed E-state index contributed by atoms with van der Waals surface area (Å²) in [6, 6.07) is 0. The number of carboxylic acid groups (broad SMARTS) is 1. The molecule has 1 aromatic rings. The second kappa shape index (κ2) is 5.05. The Kier molecular flexibility index (Phi) is 3.65. The summed E-state index contributed by atoms with van der Waals surface area (Å²) in [6.45, 7) is 0. The average molecular weight is 274 g/mol. The van der Waals surface area contributed by atoms with Gasteiger partial charge in [0.05, 0.1) is 12.2 Å². The molecule has 0 saturated carbocycles. The fourth-order valence-corrected chi connectivity index (χ4v) is 3.79. The monoisotopic (exact) mass is 274 g/mol. The smallest absolute Gasteiger partial charge is 0.303 e. The number of hydrogen-bond donors (Lipinski definition) is 1. The summed E-state index contributed by atoms with van der Waals surface area (Å²) in [7, 11) is -3.20. The average Bonchev–Trinajstić information content (AvgIpc) is 2.74. The summed E-state index contributed by atoms with van der Waals surface area (Å²) < 4.78 is 28.6. The Morgan fingerprint density at radius 3 is 2.89 bits per heavy atom. The first-order chi connectivity index (χ1) is 8.49. The Labute approximate surface area is 104 Å². The Morgan fingerprint density at radius 2 is 2.22 bits per heavy atom. The van der Waals surface area contributed by atoms with E-state index in [9.17, 15) is 13.2 Å². The first-order valence-electron chi connectivity index (χ1n) is 5.75. The third-order valence-corrected chi connectivity index (χ3v) is 5.07. The lowest BCUT2D eigenvalue weighted by atomic mass is 10.2. The quantitative estimate of drug-likeness (QED) is 0.861. The van der Waals surface area contributed by atoms with E-state index >= 15 is 0 Å². The number of rotatable bonds is 4. The highest BCUT2D eigenvalue weighted by molar-refractivity contribution is 7.91. The van der Waals surface area contributed by atoms with Gasteiger partial charge in [-0.15, -0.1) is 0 Å². The first-order valence-corrected chi connectivity index (χ1v) is 7.46. The highest BCUT2D eigenvalue weighted by atomic mass is 32.2. The Bertz CT molecular complexity index is 536. The molecule has 1 N–H and O–H groups in total. The zero-order valence-corrected chi connectivity index (χ0v) is 10.5. The summed E-state index contributed by atoms with van der Waals surface area (Å²) in [6.07, 6.45) is 2.00. The van der Waals surface area contributed by atoms with E-state index in [-0.39, 0.29) is 30.3 Å². The van der Waals surface area contributed by atoms with Gasteiger partial charge in [-0.1, -0.05) is 11.6 Å². The normalized spacial score (nSPS) is 22.8. The molecule has 1 saturated heterocycles. The molecule has 1 aliphatic heterocycles. The maximum absolute atomic E-state index is 11.8. The Balaban J connectivity index is 2.11. The van der Waals surface area contributed by atoms with Crippen LogP contribution in [0.15, 0.2) is 4.52 Å². The van der Waals surface area contributed by atoms with Gasteiger partial charge >= 0.3 is 5.97 Å². The van der Waals surface area contributed by atoms with Crippen LogP contribution >= 0.6 is 0 Å². The highest BCUT2D eigenvalue weighted by Gasteiger charge is 2.33. The van der Waals surface area contributed by atoms with Gasteiger partial charge in [-0.2, -0.15) is 4.98 Å². The molecule has 2 heterocycles.